The first-order valence-corrected chi connectivity index (χ1v) is 7.85. The minimum Gasteiger partial charge on any atom is -0.325 e. The van der Waals surface area contributed by atoms with E-state index in [9.17, 15) is 22.4 Å². The quantitative estimate of drug-likeness (QED) is 0.755. The number of anilines is 1. The molecule has 1 amide bonds. The molecule has 2 nitrogen and oxygen atoms in total. The molecule has 132 valence electrons. The molecule has 1 saturated carbocycles. The Morgan fingerprint density at radius 2 is 1.72 bits per heavy atom. The number of carbonyl (C=O) groups excluding carboxylic acids is 1. The van der Waals surface area contributed by atoms with Crippen LogP contribution in [-0.4, -0.2) is 5.91 Å². The Hall–Kier alpha value is -2.37. The van der Waals surface area contributed by atoms with E-state index in [1.807, 2.05) is 44.2 Å². The van der Waals surface area contributed by atoms with Crippen molar-refractivity contribution >= 4 is 11.6 Å². The first-order valence-electron chi connectivity index (χ1n) is 7.85. The number of halogens is 4. The molecular formula is C19H17F4NO. The third-order valence-electron chi connectivity index (χ3n) is 4.81. The third kappa shape index (κ3) is 3.25. The Bertz CT molecular complexity index is 799. The highest BCUT2D eigenvalue weighted by atomic mass is 19.4. The van der Waals surface area contributed by atoms with Gasteiger partial charge >= 0.3 is 6.18 Å². The first kappa shape index (κ1) is 17.5. The van der Waals surface area contributed by atoms with Crippen molar-refractivity contribution in [3.05, 3.63) is 65.5 Å². The SMILES string of the molecule is CC1(C)[C@H](C(=O)Nc2ccc(F)cc2C(F)(F)F)[C@H]1c1ccccc1. The second kappa shape index (κ2) is 5.86. The number of rotatable bonds is 3. The van der Waals surface area contributed by atoms with Crippen LogP contribution in [0.15, 0.2) is 48.5 Å². The van der Waals surface area contributed by atoms with Crippen LogP contribution in [0.5, 0.6) is 0 Å². The summed E-state index contributed by atoms with van der Waals surface area (Å²) in [4.78, 5) is 12.6. The van der Waals surface area contributed by atoms with Crippen molar-refractivity contribution in [1.82, 2.24) is 0 Å². The Balaban J connectivity index is 1.85. The van der Waals surface area contributed by atoms with Crippen LogP contribution in [0.3, 0.4) is 0 Å². The lowest BCUT2D eigenvalue weighted by atomic mass is 10.0. The second-order valence-electron chi connectivity index (χ2n) is 6.86. The van der Waals surface area contributed by atoms with E-state index in [1.165, 1.54) is 0 Å². The molecule has 0 heterocycles. The number of carbonyl (C=O) groups is 1. The van der Waals surface area contributed by atoms with Gasteiger partial charge in [0, 0.05) is 5.92 Å². The Kier molecular flexibility index (Phi) is 4.09. The smallest absolute Gasteiger partial charge is 0.325 e. The minimum absolute atomic E-state index is 0.0662. The lowest BCUT2D eigenvalue weighted by Gasteiger charge is -2.14. The fourth-order valence-electron chi connectivity index (χ4n) is 3.48. The van der Waals surface area contributed by atoms with E-state index < -0.39 is 35.1 Å². The molecule has 0 bridgehead atoms. The molecule has 1 N–H and O–H groups in total. The maximum Gasteiger partial charge on any atom is 0.418 e. The number of nitrogens with one attached hydrogen (secondary N) is 1. The topological polar surface area (TPSA) is 29.1 Å². The minimum atomic E-state index is -4.75. The molecule has 6 heteroatoms. The van der Waals surface area contributed by atoms with Gasteiger partial charge in [0.05, 0.1) is 17.2 Å². The molecule has 0 unspecified atom stereocenters. The van der Waals surface area contributed by atoms with Crippen LogP contribution in [0.1, 0.15) is 30.9 Å². The van der Waals surface area contributed by atoms with Gasteiger partial charge in [-0.05, 0) is 29.2 Å². The van der Waals surface area contributed by atoms with Gasteiger partial charge in [-0.25, -0.2) is 4.39 Å². The second-order valence-corrected chi connectivity index (χ2v) is 6.86. The number of amides is 1. The monoisotopic (exact) mass is 351 g/mol. The summed E-state index contributed by atoms with van der Waals surface area (Å²) in [5.74, 6) is -2.00. The molecular weight excluding hydrogens is 334 g/mol. The summed E-state index contributed by atoms with van der Waals surface area (Å²) < 4.78 is 52.4. The van der Waals surface area contributed by atoms with Gasteiger partial charge in [-0.3, -0.25) is 4.79 Å². The van der Waals surface area contributed by atoms with Gasteiger partial charge in [0.15, 0.2) is 0 Å². The summed E-state index contributed by atoms with van der Waals surface area (Å²) in [7, 11) is 0. The standard InChI is InChI=1S/C19H17F4NO/c1-18(2)15(11-6-4-3-5-7-11)16(18)17(25)24-14-9-8-12(20)10-13(14)19(21,22)23/h3-10,15-16H,1-2H3,(H,24,25)/t15-,16+/m1/s1. The number of hydrogen-bond donors (Lipinski definition) is 1. The predicted molar refractivity (Wildman–Crippen MR) is 86.5 cm³/mol. The molecule has 2 aromatic carbocycles. The van der Waals surface area contributed by atoms with Crippen LogP contribution in [0.4, 0.5) is 23.2 Å². The van der Waals surface area contributed by atoms with Gasteiger partial charge in [0.1, 0.15) is 5.82 Å². The summed E-state index contributed by atoms with van der Waals surface area (Å²) in [6, 6.07) is 11.6. The van der Waals surface area contributed by atoms with Gasteiger partial charge in [-0.1, -0.05) is 44.2 Å². The van der Waals surface area contributed by atoms with E-state index in [0.717, 1.165) is 17.7 Å². The summed E-state index contributed by atoms with van der Waals surface area (Å²) in [5.41, 5.74) is -0.990. The highest BCUT2D eigenvalue weighted by molar-refractivity contribution is 5.97. The van der Waals surface area contributed by atoms with Crippen molar-refractivity contribution in [3.8, 4) is 0 Å². The number of alkyl halides is 3. The molecule has 1 aliphatic rings. The molecule has 0 spiro atoms. The molecule has 3 rings (SSSR count). The van der Waals surface area contributed by atoms with Crippen LogP contribution in [0.25, 0.3) is 0 Å². The predicted octanol–water partition coefficient (Wildman–Crippen LogP) is 5.22. The normalized spacial score (nSPS) is 21.7. The first-order chi connectivity index (χ1) is 11.6. The molecule has 0 aromatic heterocycles. The largest absolute Gasteiger partial charge is 0.418 e. The Morgan fingerprint density at radius 3 is 2.32 bits per heavy atom. The van der Waals surface area contributed by atoms with E-state index >= 15 is 0 Å². The maximum atomic E-state index is 13.2. The summed E-state index contributed by atoms with van der Waals surface area (Å²) in [5, 5.41) is 2.34. The highest BCUT2D eigenvalue weighted by Gasteiger charge is 2.62. The molecule has 1 aliphatic carbocycles. The zero-order valence-electron chi connectivity index (χ0n) is 13.7. The van der Waals surface area contributed by atoms with E-state index in [-0.39, 0.29) is 11.3 Å². The van der Waals surface area contributed by atoms with E-state index in [2.05, 4.69) is 5.32 Å². The van der Waals surface area contributed by atoms with Crippen LogP contribution in [-0.2, 0) is 11.0 Å². The highest BCUT2D eigenvalue weighted by Crippen LogP contribution is 2.64. The lowest BCUT2D eigenvalue weighted by molar-refractivity contribution is -0.137. The van der Waals surface area contributed by atoms with Crippen LogP contribution in [0, 0.1) is 17.2 Å². The third-order valence-corrected chi connectivity index (χ3v) is 4.81. The molecule has 1 fully saturated rings. The van der Waals surface area contributed by atoms with Crippen molar-refractivity contribution in [2.45, 2.75) is 25.9 Å². The molecule has 0 radical (unpaired) electrons. The summed E-state index contributed by atoms with van der Waals surface area (Å²) >= 11 is 0. The fourth-order valence-corrected chi connectivity index (χ4v) is 3.48. The summed E-state index contributed by atoms with van der Waals surface area (Å²) in [6.07, 6.45) is -4.75. The zero-order valence-corrected chi connectivity index (χ0v) is 13.7. The zero-order chi connectivity index (χ0) is 18.4. The van der Waals surface area contributed by atoms with Crippen LogP contribution in [0.2, 0.25) is 0 Å². The number of hydrogen-bond acceptors (Lipinski definition) is 1. The van der Waals surface area contributed by atoms with Gasteiger partial charge in [-0.15, -0.1) is 0 Å². The van der Waals surface area contributed by atoms with Crippen molar-refractivity contribution < 1.29 is 22.4 Å². The summed E-state index contributed by atoms with van der Waals surface area (Å²) in [6.45, 7) is 3.81. The maximum absolute atomic E-state index is 13.2. The molecule has 2 atom stereocenters. The van der Waals surface area contributed by atoms with E-state index in [4.69, 9.17) is 0 Å². The van der Waals surface area contributed by atoms with Crippen molar-refractivity contribution in [2.75, 3.05) is 5.32 Å². The lowest BCUT2D eigenvalue weighted by Crippen LogP contribution is -2.20. The average Bonchev–Trinajstić information content (AvgIpc) is 3.11. The Labute approximate surface area is 142 Å². The van der Waals surface area contributed by atoms with Gasteiger partial charge in [0.25, 0.3) is 0 Å². The molecule has 25 heavy (non-hydrogen) atoms. The van der Waals surface area contributed by atoms with Crippen LogP contribution >= 0.6 is 0 Å². The molecule has 0 aliphatic heterocycles. The average molecular weight is 351 g/mol. The molecule has 2 aromatic rings. The van der Waals surface area contributed by atoms with E-state index in [0.29, 0.717) is 6.07 Å². The number of benzene rings is 2. The van der Waals surface area contributed by atoms with Crippen molar-refractivity contribution in [1.29, 1.82) is 0 Å². The fraction of sp³-hybridized carbons (Fsp3) is 0.316. The van der Waals surface area contributed by atoms with E-state index in [1.54, 1.807) is 0 Å². The van der Waals surface area contributed by atoms with Gasteiger partial charge in [-0.2, -0.15) is 13.2 Å². The van der Waals surface area contributed by atoms with Gasteiger partial charge < -0.3 is 5.32 Å². The Morgan fingerprint density at radius 1 is 1.08 bits per heavy atom. The molecule has 0 saturated heterocycles. The van der Waals surface area contributed by atoms with Crippen LogP contribution < -0.4 is 5.32 Å². The van der Waals surface area contributed by atoms with Crippen molar-refractivity contribution in [3.63, 3.8) is 0 Å². The van der Waals surface area contributed by atoms with Gasteiger partial charge in [0.2, 0.25) is 5.91 Å². The van der Waals surface area contributed by atoms with Crippen molar-refractivity contribution in [2.24, 2.45) is 11.3 Å².